The van der Waals surface area contributed by atoms with Gasteiger partial charge in [0.25, 0.3) is 5.91 Å². The molecule has 0 saturated heterocycles. The third-order valence-corrected chi connectivity index (χ3v) is 5.26. The van der Waals surface area contributed by atoms with Crippen molar-refractivity contribution < 1.29 is 9.90 Å². The highest BCUT2D eigenvalue weighted by atomic mass is 32.1. The predicted molar refractivity (Wildman–Crippen MR) is 82.2 cm³/mol. The molecule has 1 aromatic heterocycles. The monoisotopic (exact) mass is 289 g/mol. The van der Waals surface area contributed by atoms with Crippen molar-refractivity contribution in [2.75, 3.05) is 6.61 Å². The second-order valence-electron chi connectivity index (χ2n) is 5.60. The SMILES string of the molecule is O=C(NC1(CO)CCCCC1)c1cc2ccccc2s1. The average molecular weight is 289 g/mol. The number of fused-ring (bicyclic) bond motifs is 1. The Morgan fingerprint density at radius 2 is 2.00 bits per heavy atom. The van der Waals surface area contributed by atoms with Crippen LogP contribution in [0.25, 0.3) is 10.1 Å². The first kappa shape index (κ1) is 13.6. The molecule has 1 saturated carbocycles. The maximum atomic E-state index is 12.4. The van der Waals surface area contributed by atoms with Gasteiger partial charge in [-0.3, -0.25) is 4.79 Å². The van der Waals surface area contributed by atoms with Gasteiger partial charge in [0.15, 0.2) is 0 Å². The minimum absolute atomic E-state index is 0.0314. The highest BCUT2D eigenvalue weighted by Crippen LogP contribution is 2.30. The van der Waals surface area contributed by atoms with Gasteiger partial charge in [-0.25, -0.2) is 0 Å². The average Bonchev–Trinajstić information content (AvgIpc) is 2.92. The fourth-order valence-electron chi connectivity index (χ4n) is 2.95. The Kier molecular flexibility index (Phi) is 3.76. The molecule has 1 amide bonds. The van der Waals surface area contributed by atoms with Crippen LogP contribution in [0, 0.1) is 0 Å². The first-order valence-electron chi connectivity index (χ1n) is 7.14. The van der Waals surface area contributed by atoms with Gasteiger partial charge >= 0.3 is 0 Å². The second-order valence-corrected chi connectivity index (χ2v) is 6.69. The summed E-state index contributed by atoms with van der Waals surface area (Å²) >= 11 is 1.51. The van der Waals surface area contributed by atoms with E-state index in [-0.39, 0.29) is 12.5 Å². The quantitative estimate of drug-likeness (QED) is 0.910. The molecule has 1 aliphatic rings. The fourth-order valence-corrected chi connectivity index (χ4v) is 3.91. The normalized spacial score (nSPS) is 18.1. The molecule has 1 fully saturated rings. The van der Waals surface area contributed by atoms with E-state index < -0.39 is 5.54 Å². The van der Waals surface area contributed by atoms with Crippen molar-refractivity contribution in [3.05, 3.63) is 35.2 Å². The maximum absolute atomic E-state index is 12.4. The Morgan fingerprint density at radius 3 is 2.70 bits per heavy atom. The molecule has 3 nitrogen and oxygen atoms in total. The van der Waals surface area contributed by atoms with Crippen molar-refractivity contribution in [2.45, 2.75) is 37.6 Å². The third kappa shape index (κ3) is 2.58. The van der Waals surface area contributed by atoms with Crippen LogP contribution in [-0.2, 0) is 0 Å². The van der Waals surface area contributed by atoms with Crippen LogP contribution in [0.3, 0.4) is 0 Å². The van der Waals surface area contributed by atoms with E-state index in [1.807, 2.05) is 30.3 Å². The Bertz CT molecular complexity index is 581. The van der Waals surface area contributed by atoms with Gasteiger partial charge < -0.3 is 10.4 Å². The number of carbonyl (C=O) groups is 1. The van der Waals surface area contributed by atoms with E-state index >= 15 is 0 Å². The molecule has 0 atom stereocenters. The van der Waals surface area contributed by atoms with Crippen LogP contribution >= 0.6 is 11.3 Å². The first-order valence-corrected chi connectivity index (χ1v) is 7.96. The van der Waals surface area contributed by atoms with E-state index in [9.17, 15) is 9.90 Å². The Labute approximate surface area is 122 Å². The van der Waals surface area contributed by atoms with Crippen molar-refractivity contribution in [1.29, 1.82) is 0 Å². The summed E-state index contributed by atoms with van der Waals surface area (Å²) in [7, 11) is 0. The van der Waals surface area contributed by atoms with Crippen LogP contribution in [0.2, 0.25) is 0 Å². The largest absolute Gasteiger partial charge is 0.394 e. The van der Waals surface area contributed by atoms with Gasteiger partial charge in [0.2, 0.25) is 0 Å². The lowest BCUT2D eigenvalue weighted by Gasteiger charge is -2.36. The molecule has 0 unspecified atom stereocenters. The van der Waals surface area contributed by atoms with Gasteiger partial charge in [-0.1, -0.05) is 37.5 Å². The van der Waals surface area contributed by atoms with E-state index in [2.05, 4.69) is 5.32 Å². The summed E-state index contributed by atoms with van der Waals surface area (Å²) in [5.74, 6) is -0.0536. The molecule has 20 heavy (non-hydrogen) atoms. The van der Waals surface area contributed by atoms with Crippen LogP contribution in [0.4, 0.5) is 0 Å². The Hall–Kier alpha value is -1.39. The van der Waals surface area contributed by atoms with Gasteiger partial charge in [0, 0.05) is 4.70 Å². The topological polar surface area (TPSA) is 49.3 Å². The summed E-state index contributed by atoms with van der Waals surface area (Å²) in [4.78, 5) is 13.2. The molecule has 1 aliphatic carbocycles. The lowest BCUT2D eigenvalue weighted by molar-refractivity contribution is 0.0762. The molecule has 2 N–H and O–H groups in total. The van der Waals surface area contributed by atoms with Crippen molar-refractivity contribution in [3.63, 3.8) is 0 Å². The van der Waals surface area contributed by atoms with Crippen molar-refractivity contribution in [2.24, 2.45) is 0 Å². The highest BCUT2D eigenvalue weighted by Gasteiger charge is 2.33. The summed E-state index contributed by atoms with van der Waals surface area (Å²) in [5.41, 5.74) is -0.411. The molecule has 1 heterocycles. The summed E-state index contributed by atoms with van der Waals surface area (Å²) in [6, 6.07) is 9.94. The third-order valence-electron chi connectivity index (χ3n) is 4.14. The van der Waals surface area contributed by atoms with Crippen molar-refractivity contribution in [1.82, 2.24) is 5.32 Å². The lowest BCUT2D eigenvalue weighted by Crippen LogP contribution is -2.52. The zero-order valence-corrected chi connectivity index (χ0v) is 12.2. The fraction of sp³-hybridized carbons (Fsp3) is 0.438. The molecule has 4 heteroatoms. The van der Waals surface area contributed by atoms with Crippen LogP contribution in [0.5, 0.6) is 0 Å². The molecule has 2 aromatic rings. The Morgan fingerprint density at radius 1 is 1.25 bits per heavy atom. The molecular weight excluding hydrogens is 270 g/mol. The van der Waals surface area contributed by atoms with Crippen molar-refractivity contribution >= 4 is 27.3 Å². The zero-order chi connectivity index (χ0) is 14.0. The summed E-state index contributed by atoms with van der Waals surface area (Å²) in [5, 5.41) is 13.8. The lowest BCUT2D eigenvalue weighted by atomic mass is 9.82. The van der Waals surface area contributed by atoms with E-state index in [0.29, 0.717) is 0 Å². The van der Waals surface area contributed by atoms with Crippen LogP contribution in [0.15, 0.2) is 30.3 Å². The minimum Gasteiger partial charge on any atom is -0.394 e. The van der Waals surface area contributed by atoms with Gasteiger partial charge in [-0.05, 0) is 30.4 Å². The standard InChI is InChI=1S/C16H19NO2S/c18-11-16(8-4-1-5-9-16)17-15(19)14-10-12-6-2-3-7-13(12)20-14/h2-3,6-7,10,18H,1,4-5,8-9,11H2,(H,17,19). The second kappa shape index (κ2) is 5.54. The molecule has 0 bridgehead atoms. The highest BCUT2D eigenvalue weighted by molar-refractivity contribution is 7.20. The van der Waals surface area contributed by atoms with E-state index in [4.69, 9.17) is 0 Å². The molecule has 3 rings (SSSR count). The molecule has 0 aliphatic heterocycles. The number of aliphatic hydroxyl groups is 1. The van der Waals surface area contributed by atoms with Crippen molar-refractivity contribution in [3.8, 4) is 0 Å². The number of amides is 1. The molecule has 0 radical (unpaired) electrons. The molecule has 0 spiro atoms. The molecule has 1 aromatic carbocycles. The van der Waals surface area contributed by atoms with E-state index in [1.165, 1.54) is 17.8 Å². The number of hydrogen-bond acceptors (Lipinski definition) is 3. The van der Waals surface area contributed by atoms with E-state index in [0.717, 1.165) is 40.6 Å². The maximum Gasteiger partial charge on any atom is 0.261 e. The van der Waals surface area contributed by atoms with Crippen LogP contribution in [0.1, 0.15) is 41.8 Å². The number of benzene rings is 1. The van der Waals surface area contributed by atoms with Gasteiger partial charge in [-0.15, -0.1) is 11.3 Å². The zero-order valence-electron chi connectivity index (χ0n) is 11.4. The smallest absolute Gasteiger partial charge is 0.261 e. The Balaban J connectivity index is 1.81. The summed E-state index contributed by atoms with van der Waals surface area (Å²) in [6.07, 6.45) is 5.10. The molecular formula is C16H19NO2S. The van der Waals surface area contributed by atoms with Crippen LogP contribution in [-0.4, -0.2) is 23.2 Å². The number of carbonyl (C=O) groups excluding carboxylic acids is 1. The summed E-state index contributed by atoms with van der Waals surface area (Å²) < 4.78 is 1.12. The summed E-state index contributed by atoms with van der Waals surface area (Å²) in [6.45, 7) is 0.0314. The number of thiophene rings is 1. The number of aliphatic hydroxyl groups excluding tert-OH is 1. The van der Waals surface area contributed by atoms with Gasteiger partial charge in [0.1, 0.15) is 0 Å². The van der Waals surface area contributed by atoms with Gasteiger partial charge in [0.05, 0.1) is 17.0 Å². The minimum atomic E-state index is -0.411. The predicted octanol–water partition coefficient (Wildman–Crippen LogP) is 3.33. The molecule has 106 valence electrons. The number of hydrogen-bond donors (Lipinski definition) is 2. The van der Waals surface area contributed by atoms with E-state index in [1.54, 1.807) is 0 Å². The number of rotatable bonds is 3. The number of nitrogens with one attached hydrogen (secondary N) is 1. The van der Waals surface area contributed by atoms with Gasteiger partial charge in [-0.2, -0.15) is 0 Å². The van der Waals surface area contributed by atoms with Crippen LogP contribution < -0.4 is 5.32 Å². The first-order chi connectivity index (χ1) is 9.72.